The maximum absolute atomic E-state index is 11.9. The Morgan fingerprint density at radius 1 is 1.38 bits per heavy atom. The van der Waals surface area contributed by atoms with Gasteiger partial charge in [-0.25, -0.2) is 0 Å². The number of carbonyl (C=O) groups excluding carboxylic acids is 2. The van der Waals surface area contributed by atoms with E-state index in [1.54, 1.807) is 0 Å². The molecule has 0 aromatic heterocycles. The Morgan fingerprint density at radius 2 is 2.14 bits per heavy atom. The zero-order valence-corrected chi connectivity index (χ0v) is 11.9. The average molecular weight is 290 g/mol. The van der Waals surface area contributed by atoms with Gasteiger partial charge < -0.3 is 14.9 Å². The van der Waals surface area contributed by atoms with E-state index in [1.165, 1.54) is 7.11 Å². The standard InChI is InChI=1S/C15H18N2O4/c1-20-14(18)8-5-9-16-15(19)12-10-13(21-17-12)11-6-3-2-4-7-11/h2-4,6-7,13H,5,8-10H2,1H3,(H,16,19). The molecule has 6 heteroatoms. The van der Waals surface area contributed by atoms with Crippen LogP contribution in [0, 0.1) is 0 Å². The van der Waals surface area contributed by atoms with Crippen LogP contribution in [-0.2, 0) is 19.2 Å². The van der Waals surface area contributed by atoms with Gasteiger partial charge in [-0.2, -0.15) is 0 Å². The van der Waals surface area contributed by atoms with Gasteiger partial charge in [-0.05, 0) is 12.0 Å². The quantitative estimate of drug-likeness (QED) is 0.637. The summed E-state index contributed by atoms with van der Waals surface area (Å²) in [5, 5.41) is 6.56. The summed E-state index contributed by atoms with van der Waals surface area (Å²) in [7, 11) is 1.34. The highest BCUT2D eigenvalue weighted by atomic mass is 16.6. The number of oxime groups is 1. The number of benzene rings is 1. The van der Waals surface area contributed by atoms with Gasteiger partial charge in [-0.15, -0.1) is 0 Å². The van der Waals surface area contributed by atoms with Crippen LogP contribution < -0.4 is 5.32 Å². The maximum Gasteiger partial charge on any atom is 0.305 e. The molecule has 21 heavy (non-hydrogen) atoms. The second-order valence-electron chi connectivity index (χ2n) is 4.68. The molecule has 0 bridgehead atoms. The molecular formula is C15H18N2O4. The molecule has 1 atom stereocenters. The van der Waals surface area contributed by atoms with Crippen molar-refractivity contribution < 1.29 is 19.2 Å². The van der Waals surface area contributed by atoms with E-state index in [2.05, 4.69) is 15.2 Å². The minimum absolute atomic E-state index is 0.206. The molecule has 1 aliphatic rings. The van der Waals surface area contributed by atoms with Gasteiger partial charge in [0.2, 0.25) is 0 Å². The fourth-order valence-electron chi connectivity index (χ4n) is 2.00. The van der Waals surface area contributed by atoms with Gasteiger partial charge in [0.05, 0.1) is 7.11 Å². The second kappa shape index (κ2) is 7.42. The Labute approximate surface area is 123 Å². The highest BCUT2D eigenvalue weighted by molar-refractivity contribution is 6.39. The molecule has 1 N–H and O–H groups in total. The molecule has 1 aliphatic heterocycles. The number of esters is 1. The van der Waals surface area contributed by atoms with Crippen molar-refractivity contribution in [2.75, 3.05) is 13.7 Å². The first-order valence-corrected chi connectivity index (χ1v) is 6.83. The lowest BCUT2D eigenvalue weighted by Crippen LogP contribution is -2.31. The molecular weight excluding hydrogens is 272 g/mol. The Kier molecular flexibility index (Phi) is 5.31. The van der Waals surface area contributed by atoms with E-state index in [9.17, 15) is 9.59 Å². The topological polar surface area (TPSA) is 77.0 Å². The van der Waals surface area contributed by atoms with Crippen molar-refractivity contribution in [3.63, 3.8) is 0 Å². The average Bonchev–Trinajstić information content (AvgIpc) is 3.02. The third-order valence-corrected chi connectivity index (χ3v) is 3.17. The summed E-state index contributed by atoms with van der Waals surface area (Å²) >= 11 is 0. The molecule has 0 radical (unpaired) electrons. The van der Waals surface area contributed by atoms with E-state index < -0.39 is 0 Å². The summed E-state index contributed by atoms with van der Waals surface area (Å²) < 4.78 is 4.52. The molecule has 0 aliphatic carbocycles. The first-order valence-electron chi connectivity index (χ1n) is 6.83. The van der Waals surface area contributed by atoms with Gasteiger partial charge in [0, 0.05) is 19.4 Å². The second-order valence-corrected chi connectivity index (χ2v) is 4.68. The number of amides is 1. The summed E-state index contributed by atoms with van der Waals surface area (Å²) in [6.07, 6.45) is 1.07. The molecule has 0 spiro atoms. The smallest absolute Gasteiger partial charge is 0.305 e. The largest absolute Gasteiger partial charge is 0.469 e. The van der Waals surface area contributed by atoms with Gasteiger partial charge in [-0.1, -0.05) is 35.5 Å². The lowest BCUT2D eigenvalue weighted by atomic mass is 10.0. The van der Waals surface area contributed by atoms with Crippen molar-refractivity contribution in [2.24, 2.45) is 5.16 Å². The molecule has 0 saturated heterocycles. The Balaban J connectivity index is 1.74. The van der Waals surface area contributed by atoms with E-state index in [-0.39, 0.29) is 24.4 Å². The Bertz CT molecular complexity index is 528. The van der Waals surface area contributed by atoms with Crippen LogP contribution in [0.15, 0.2) is 35.5 Å². The van der Waals surface area contributed by atoms with Crippen molar-refractivity contribution in [2.45, 2.75) is 25.4 Å². The molecule has 0 saturated carbocycles. The van der Waals surface area contributed by atoms with Crippen molar-refractivity contribution in [3.05, 3.63) is 35.9 Å². The molecule has 1 aromatic carbocycles. The normalized spacial score (nSPS) is 16.8. The van der Waals surface area contributed by atoms with Crippen LogP contribution in [0.3, 0.4) is 0 Å². The minimum Gasteiger partial charge on any atom is -0.469 e. The molecule has 0 fully saturated rings. The van der Waals surface area contributed by atoms with Gasteiger partial charge in [-0.3, -0.25) is 9.59 Å². The zero-order valence-electron chi connectivity index (χ0n) is 11.9. The van der Waals surface area contributed by atoms with E-state index in [4.69, 9.17) is 4.84 Å². The molecule has 112 valence electrons. The highest BCUT2D eigenvalue weighted by Crippen LogP contribution is 2.26. The molecule has 1 heterocycles. The number of methoxy groups -OCH3 is 1. The van der Waals surface area contributed by atoms with Gasteiger partial charge in [0.25, 0.3) is 5.91 Å². The fourth-order valence-corrected chi connectivity index (χ4v) is 2.00. The van der Waals surface area contributed by atoms with Crippen LogP contribution >= 0.6 is 0 Å². The van der Waals surface area contributed by atoms with Gasteiger partial charge in [0.1, 0.15) is 5.71 Å². The summed E-state index contributed by atoms with van der Waals surface area (Å²) in [5.74, 6) is -0.534. The van der Waals surface area contributed by atoms with Crippen molar-refractivity contribution in [1.82, 2.24) is 5.32 Å². The van der Waals surface area contributed by atoms with Crippen molar-refractivity contribution in [1.29, 1.82) is 0 Å². The summed E-state index contributed by atoms with van der Waals surface area (Å²) in [4.78, 5) is 28.1. The summed E-state index contributed by atoms with van der Waals surface area (Å²) in [6, 6.07) is 9.65. The predicted octanol–water partition coefficient (Wildman–Crippen LogP) is 1.57. The van der Waals surface area contributed by atoms with E-state index >= 15 is 0 Å². The molecule has 1 amide bonds. The van der Waals surface area contributed by atoms with E-state index in [1.807, 2.05) is 30.3 Å². The number of ether oxygens (including phenoxy) is 1. The number of nitrogens with zero attached hydrogens (tertiary/aromatic N) is 1. The van der Waals surface area contributed by atoms with Crippen LogP contribution in [-0.4, -0.2) is 31.2 Å². The van der Waals surface area contributed by atoms with Crippen LogP contribution in [0.5, 0.6) is 0 Å². The first kappa shape index (κ1) is 15.0. The van der Waals surface area contributed by atoms with E-state index in [0.717, 1.165) is 5.56 Å². The molecule has 6 nitrogen and oxygen atoms in total. The fraction of sp³-hybridized carbons (Fsp3) is 0.400. The number of rotatable bonds is 6. The first-order chi connectivity index (χ1) is 10.2. The third kappa shape index (κ3) is 4.30. The van der Waals surface area contributed by atoms with Crippen LogP contribution in [0.4, 0.5) is 0 Å². The highest BCUT2D eigenvalue weighted by Gasteiger charge is 2.26. The van der Waals surface area contributed by atoms with Crippen LogP contribution in [0.25, 0.3) is 0 Å². The number of hydrogen-bond acceptors (Lipinski definition) is 5. The summed E-state index contributed by atoms with van der Waals surface area (Å²) in [6.45, 7) is 0.406. The lowest BCUT2D eigenvalue weighted by Gasteiger charge is -2.07. The monoisotopic (exact) mass is 290 g/mol. The van der Waals surface area contributed by atoms with Crippen molar-refractivity contribution in [3.8, 4) is 0 Å². The summed E-state index contributed by atoms with van der Waals surface area (Å²) in [5.41, 5.74) is 1.37. The lowest BCUT2D eigenvalue weighted by molar-refractivity contribution is -0.140. The third-order valence-electron chi connectivity index (χ3n) is 3.17. The SMILES string of the molecule is COC(=O)CCCNC(=O)C1=NOC(c2ccccc2)C1. The van der Waals surface area contributed by atoms with Crippen LogP contribution in [0.2, 0.25) is 0 Å². The molecule has 1 unspecified atom stereocenters. The number of hydrogen-bond donors (Lipinski definition) is 1. The molecule has 1 aromatic rings. The van der Waals surface area contributed by atoms with Gasteiger partial charge >= 0.3 is 5.97 Å². The number of carbonyl (C=O) groups is 2. The maximum atomic E-state index is 11.9. The predicted molar refractivity (Wildman–Crippen MR) is 76.6 cm³/mol. The van der Waals surface area contributed by atoms with Gasteiger partial charge in [0.15, 0.2) is 6.10 Å². The minimum atomic E-state index is -0.282. The molecule has 2 rings (SSSR count). The van der Waals surface area contributed by atoms with E-state index in [0.29, 0.717) is 25.1 Å². The zero-order chi connectivity index (χ0) is 15.1. The Hall–Kier alpha value is -2.37. The van der Waals surface area contributed by atoms with Crippen molar-refractivity contribution >= 4 is 17.6 Å². The van der Waals surface area contributed by atoms with Crippen LogP contribution in [0.1, 0.15) is 30.9 Å². The number of nitrogens with one attached hydrogen (secondary N) is 1. The Morgan fingerprint density at radius 3 is 2.86 bits per heavy atom.